The maximum Gasteiger partial charge on any atom is 0.174 e. The number of hydrogen-bond donors (Lipinski definition) is 0. The van der Waals surface area contributed by atoms with Crippen LogP contribution in [0, 0.1) is 0 Å². The zero-order valence-electron chi connectivity index (χ0n) is 15.6. The molecular weight excluding hydrogens is 591 g/mol. The van der Waals surface area contributed by atoms with Crippen molar-refractivity contribution >= 4 is 70.8 Å². The van der Waals surface area contributed by atoms with Crippen molar-refractivity contribution in [3.05, 3.63) is 110 Å². The molecule has 0 unspecified atom stereocenters. The third-order valence-electron chi connectivity index (χ3n) is 4.61. The van der Waals surface area contributed by atoms with Gasteiger partial charge < -0.3 is 9.30 Å². The number of rotatable bonds is 5. The molecule has 0 amide bonds. The van der Waals surface area contributed by atoms with Crippen molar-refractivity contribution in [2.24, 2.45) is 0 Å². The third-order valence-corrected chi connectivity index (χ3v) is 9.30. The van der Waals surface area contributed by atoms with Crippen molar-refractivity contribution < 1.29 is 9.30 Å². The Labute approximate surface area is 201 Å². The lowest BCUT2D eigenvalue weighted by Gasteiger charge is -2.23. The molecule has 0 heterocycles. The van der Waals surface area contributed by atoms with Gasteiger partial charge in [0, 0.05) is 19.6 Å². The van der Waals surface area contributed by atoms with Gasteiger partial charge in [0.1, 0.15) is 11.5 Å². The third kappa shape index (κ3) is 4.36. The summed E-state index contributed by atoms with van der Waals surface area (Å²) in [5.41, 5.74) is 0. The van der Waals surface area contributed by atoms with Gasteiger partial charge in [-0.3, -0.25) is 0 Å². The summed E-state index contributed by atoms with van der Waals surface area (Å²) < 4.78 is 23.7. The van der Waals surface area contributed by atoms with Crippen molar-refractivity contribution in [3.8, 4) is 11.5 Å². The Morgan fingerprint density at radius 3 is 1.63 bits per heavy atom. The second kappa shape index (κ2) is 9.23. The van der Waals surface area contributed by atoms with Crippen LogP contribution in [0.2, 0.25) is 0 Å². The van der Waals surface area contributed by atoms with Crippen LogP contribution in [-0.2, 0) is 4.57 Å². The predicted molar refractivity (Wildman–Crippen MR) is 135 cm³/mol. The van der Waals surface area contributed by atoms with Crippen molar-refractivity contribution in [1.82, 2.24) is 0 Å². The predicted octanol–water partition coefficient (Wildman–Crippen LogP) is 7.41. The Hall–Kier alpha value is -1.65. The van der Waals surface area contributed by atoms with Gasteiger partial charge >= 0.3 is 0 Å². The summed E-state index contributed by atoms with van der Waals surface area (Å²) in [7, 11) is -3.18. The van der Waals surface area contributed by atoms with E-state index < -0.39 is 7.14 Å². The smallest absolute Gasteiger partial charge is 0.174 e. The van der Waals surface area contributed by atoms with E-state index in [9.17, 15) is 4.57 Å². The highest BCUT2D eigenvalue weighted by Crippen LogP contribution is 2.46. The highest BCUT2D eigenvalue weighted by atomic mass is 79.9. The van der Waals surface area contributed by atoms with Crippen molar-refractivity contribution in [2.45, 2.75) is 0 Å². The van der Waals surface area contributed by atoms with Gasteiger partial charge in [0.05, 0.1) is 9.78 Å². The fourth-order valence-electron chi connectivity index (χ4n) is 3.20. The molecule has 0 spiro atoms. The largest absolute Gasteiger partial charge is 0.455 e. The van der Waals surface area contributed by atoms with E-state index in [2.05, 4.69) is 47.8 Å². The Bertz CT molecular complexity index is 1180. The van der Waals surface area contributed by atoms with Crippen molar-refractivity contribution in [2.75, 3.05) is 0 Å². The van der Waals surface area contributed by atoms with E-state index in [0.717, 1.165) is 24.0 Å². The van der Waals surface area contributed by atoms with E-state index in [1.54, 1.807) is 0 Å². The molecule has 0 atom stereocenters. The topological polar surface area (TPSA) is 26.3 Å². The first-order valence-electron chi connectivity index (χ1n) is 9.13. The molecule has 0 aliphatic carbocycles. The minimum Gasteiger partial charge on any atom is -0.455 e. The molecule has 0 aliphatic rings. The lowest BCUT2D eigenvalue weighted by atomic mass is 10.3. The van der Waals surface area contributed by atoms with Crippen molar-refractivity contribution in [3.63, 3.8) is 0 Å². The van der Waals surface area contributed by atoms with E-state index in [-0.39, 0.29) is 0 Å². The molecule has 0 fully saturated rings. The van der Waals surface area contributed by atoms with Crippen LogP contribution < -0.4 is 20.7 Å². The van der Waals surface area contributed by atoms with Gasteiger partial charge in [0.2, 0.25) is 0 Å². The Kier molecular flexibility index (Phi) is 6.64. The molecule has 0 bridgehead atoms. The maximum absolute atomic E-state index is 14.8. The maximum atomic E-state index is 14.8. The fraction of sp³-hybridized carbons (Fsp3) is 0. The first-order valence-corrected chi connectivity index (χ1v) is 13.2. The zero-order chi connectivity index (χ0) is 21.1. The number of benzene rings is 4. The molecular formula is C24H16Br3O2P. The Morgan fingerprint density at radius 1 is 0.600 bits per heavy atom. The molecule has 150 valence electrons. The van der Waals surface area contributed by atoms with Gasteiger partial charge in [-0.05, 0) is 52.3 Å². The molecule has 0 saturated heterocycles. The number of halogens is 3. The molecule has 6 heteroatoms. The molecule has 4 rings (SSSR count). The van der Waals surface area contributed by atoms with Crippen LogP contribution in [0.25, 0.3) is 0 Å². The normalized spacial score (nSPS) is 11.3. The van der Waals surface area contributed by atoms with Crippen molar-refractivity contribution in [1.29, 1.82) is 0 Å². The SMILES string of the molecule is O=P(c1ccccc1)(c1ccccc1)c1cc(Br)ccc1Oc1ccc(Br)cc1Br. The lowest BCUT2D eigenvalue weighted by molar-refractivity contribution is 0.482. The summed E-state index contributed by atoms with van der Waals surface area (Å²) in [5.74, 6) is 1.20. The van der Waals surface area contributed by atoms with Gasteiger partial charge in [0.25, 0.3) is 0 Å². The molecule has 0 aromatic heterocycles. The highest BCUT2D eigenvalue weighted by molar-refractivity contribution is 9.11. The average Bonchev–Trinajstić information content (AvgIpc) is 2.77. The summed E-state index contributed by atoms with van der Waals surface area (Å²) in [6.45, 7) is 0. The standard InChI is InChI=1S/C24H16Br3O2P/c25-17-11-13-22(21(27)15-17)29-23-14-12-18(26)16-24(23)30(28,19-7-3-1-4-8-19)20-9-5-2-6-10-20/h1-16H. The van der Waals surface area contributed by atoms with Gasteiger partial charge in [0.15, 0.2) is 7.14 Å². The van der Waals surface area contributed by atoms with E-state index in [0.29, 0.717) is 16.8 Å². The zero-order valence-corrected chi connectivity index (χ0v) is 21.3. The van der Waals surface area contributed by atoms with E-state index >= 15 is 0 Å². The summed E-state index contributed by atoms with van der Waals surface area (Å²) in [6, 6.07) is 30.5. The van der Waals surface area contributed by atoms with E-state index in [4.69, 9.17) is 4.74 Å². The number of hydrogen-bond acceptors (Lipinski definition) is 2. The van der Waals surface area contributed by atoms with Gasteiger partial charge in [-0.2, -0.15) is 0 Å². The second-order valence-electron chi connectivity index (χ2n) is 6.57. The first kappa shape index (κ1) is 21.6. The monoisotopic (exact) mass is 604 g/mol. The van der Waals surface area contributed by atoms with E-state index in [1.165, 1.54) is 0 Å². The molecule has 2 nitrogen and oxygen atoms in total. The van der Waals surface area contributed by atoms with Crippen LogP contribution in [0.4, 0.5) is 0 Å². The molecule has 0 radical (unpaired) electrons. The van der Waals surface area contributed by atoms with Crippen LogP contribution >= 0.6 is 54.9 Å². The molecule has 0 N–H and O–H groups in total. The number of ether oxygens (including phenoxy) is 1. The minimum absolute atomic E-state index is 0.553. The van der Waals surface area contributed by atoms with Crippen LogP contribution in [0.15, 0.2) is 110 Å². The van der Waals surface area contributed by atoms with Crippen LogP contribution in [0.3, 0.4) is 0 Å². The second-order valence-corrected chi connectivity index (χ2v) is 12.0. The summed E-state index contributed by atoms with van der Waals surface area (Å²) >= 11 is 10.6. The Balaban J connectivity index is 1.94. The molecule has 30 heavy (non-hydrogen) atoms. The summed E-state index contributed by atoms with van der Waals surface area (Å²) in [6.07, 6.45) is 0. The quantitative estimate of drug-likeness (QED) is 0.221. The molecule has 4 aromatic rings. The first-order chi connectivity index (χ1) is 14.5. The highest BCUT2D eigenvalue weighted by Gasteiger charge is 2.33. The summed E-state index contributed by atoms with van der Waals surface area (Å²) in [5, 5.41) is 2.16. The minimum atomic E-state index is -3.18. The summed E-state index contributed by atoms with van der Waals surface area (Å²) in [4.78, 5) is 0. The fourth-order valence-corrected chi connectivity index (χ4v) is 7.66. The van der Waals surface area contributed by atoms with Crippen LogP contribution in [-0.4, -0.2) is 0 Å². The molecule has 0 aliphatic heterocycles. The van der Waals surface area contributed by atoms with Crippen LogP contribution in [0.5, 0.6) is 11.5 Å². The van der Waals surface area contributed by atoms with E-state index in [1.807, 2.05) is 97.1 Å². The van der Waals surface area contributed by atoms with Crippen LogP contribution in [0.1, 0.15) is 0 Å². The lowest BCUT2D eigenvalue weighted by Crippen LogP contribution is -2.26. The Morgan fingerprint density at radius 2 is 1.10 bits per heavy atom. The average molecular weight is 607 g/mol. The van der Waals surface area contributed by atoms with Gasteiger partial charge in [-0.25, -0.2) is 0 Å². The molecule has 0 saturated carbocycles. The van der Waals surface area contributed by atoms with Gasteiger partial charge in [-0.15, -0.1) is 0 Å². The molecule has 4 aromatic carbocycles. The van der Waals surface area contributed by atoms with Gasteiger partial charge in [-0.1, -0.05) is 92.5 Å².